The molecule has 0 N–H and O–H groups in total. The summed E-state index contributed by atoms with van der Waals surface area (Å²) in [5, 5.41) is 8.56. The highest BCUT2D eigenvalue weighted by atomic mass is 16.2. The summed E-state index contributed by atoms with van der Waals surface area (Å²) in [6.07, 6.45) is 3.39. The largest absolute Gasteiger partial charge is 0.338 e. The number of carbonyl (C=O) groups excluding carboxylic acids is 1. The lowest BCUT2D eigenvalue weighted by Gasteiger charge is -2.40. The minimum atomic E-state index is -0.705. The zero-order valence-electron chi connectivity index (χ0n) is 19.6. The van der Waals surface area contributed by atoms with Gasteiger partial charge in [0.05, 0.1) is 6.04 Å². The summed E-state index contributed by atoms with van der Waals surface area (Å²) in [6.45, 7) is 4.39. The first-order chi connectivity index (χ1) is 17.1. The number of benzene rings is 2. The Bertz CT molecular complexity index is 1270. The quantitative estimate of drug-likeness (QED) is 0.435. The number of nitrogens with zero attached hydrogens (tertiary/aromatic N) is 6. The highest BCUT2D eigenvalue weighted by molar-refractivity contribution is 5.80. The maximum atomic E-state index is 13.4. The number of aromatic nitrogens is 4. The summed E-state index contributed by atoms with van der Waals surface area (Å²) in [6, 6.07) is 25.2. The van der Waals surface area contributed by atoms with Crippen molar-refractivity contribution in [3.05, 3.63) is 113 Å². The molecule has 1 aliphatic heterocycles. The molecule has 1 aliphatic rings. The number of hydrogen-bond acceptors (Lipinski definition) is 5. The minimum absolute atomic E-state index is 0.104. The van der Waals surface area contributed by atoms with Crippen molar-refractivity contribution in [1.82, 2.24) is 29.4 Å². The first-order valence-corrected chi connectivity index (χ1v) is 11.8. The van der Waals surface area contributed by atoms with E-state index < -0.39 is 6.04 Å². The molecule has 4 aromatic rings. The normalized spacial score (nSPS) is 15.3. The van der Waals surface area contributed by atoms with Crippen LogP contribution in [0.15, 0.2) is 96.1 Å². The zero-order chi connectivity index (χ0) is 24.2. The van der Waals surface area contributed by atoms with E-state index in [2.05, 4.69) is 63.6 Å². The van der Waals surface area contributed by atoms with Gasteiger partial charge in [0.25, 0.3) is 5.56 Å². The SMILES string of the molecule is CC(C(=O)N1CCN(C(c2ccccc2)c2ccccc2)CC1)n1nc(-n2cccn2)ccc1=O. The molecule has 0 radical (unpaired) electrons. The van der Waals surface area contributed by atoms with Crippen molar-refractivity contribution in [3.8, 4) is 5.82 Å². The van der Waals surface area contributed by atoms with Crippen molar-refractivity contribution >= 4 is 5.91 Å². The van der Waals surface area contributed by atoms with Gasteiger partial charge in [0.15, 0.2) is 5.82 Å². The van der Waals surface area contributed by atoms with Crippen molar-refractivity contribution in [1.29, 1.82) is 0 Å². The van der Waals surface area contributed by atoms with E-state index in [0.717, 1.165) is 13.1 Å². The Morgan fingerprint density at radius 3 is 2.03 bits per heavy atom. The summed E-state index contributed by atoms with van der Waals surface area (Å²) in [7, 11) is 0. The Labute approximate surface area is 204 Å². The maximum absolute atomic E-state index is 13.4. The summed E-state index contributed by atoms with van der Waals surface area (Å²) in [5.74, 6) is 0.389. The molecule has 5 rings (SSSR count). The Morgan fingerprint density at radius 2 is 1.46 bits per heavy atom. The first-order valence-electron chi connectivity index (χ1n) is 11.8. The van der Waals surface area contributed by atoms with Crippen molar-refractivity contribution in [2.75, 3.05) is 26.2 Å². The number of piperazine rings is 1. The molecule has 1 fully saturated rings. The lowest BCUT2D eigenvalue weighted by molar-refractivity contribution is -0.136. The molecule has 35 heavy (non-hydrogen) atoms. The van der Waals surface area contributed by atoms with Crippen LogP contribution in [0.3, 0.4) is 0 Å². The van der Waals surface area contributed by atoms with Gasteiger partial charge in [-0.3, -0.25) is 14.5 Å². The van der Waals surface area contributed by atoms with Gasteiger partial charge in [-0.15, -0.1) is 5.10 Å². The average Bonchev–Trinajstić information content (AvgIpc) is 3.45. The van der Waals surface area contributed by atoms with Gasteiger partial charge in [0.2, 0.25) is 5.91 Å². The van der Waals surface area contributed by atoms with Crippen LogP contribution in [0.4, 0.5) is 0 Å². The topological polar surface area (TPSA) is 76.3 Å². The van der Waals surface area contributed by atoms with Crippen molar-refractivity contribution in [2.24, 2.45) is 0 Å². The molecule has 1 amide bonds. The molecule has 1 unspecified atom stereocenters. The van der Waals surface area contributed by atoms with E-state index in [0.29, 0.717) is 18.9 Å². The third kappa shape index (κ3) is 4.79. The molecule has 3 heterocycles. The Balaban J connectivity index is 1.31. The lowest BCUT2D eigenvalue weighted by Crippen LogP contribution is -2.52. The van der Waals surface area contributed by atoms with Crippen LogP contribution < -0.4 is 5.56 Å². The van der Waals surface area contributed by atoms with Crippen LogP contribution >= 0.6 is 0 Å². The van der Waals surface area contributed by atoms with Crippen LogP contribution in [-0.4, -0.2) is 61.4 Å². The van der Waals surface area contributed by atoms with Crippen molar-refractivity contribution < 1.29 is 4.79 Å². The summed E-state index contributed by atoms with van der Waals surface area (Å²) < 4.78 is 2.82. The highest BCUT2D eigenvalue weighted by Gasteiger charge is 2.31. The van der Waals surface area contributed by atoms with E-state index in [9.17, 15) is 9.59 Å². The van der Waals surface area contributed by atoms with Crippen LogP contribution in [-0.2, 0) is 4.79 Å². The number of carbonyl (C=O) groups is 1. The van der Waals surface area contributed by atoms with Gasteiger partial charge in [0, 0.05) is 44.6 Å². The molecule has 8 nitrogen and oxygen atoms in total. The fraction of sp³-hybridized carbons (Fsp3) is 0.259. The smallest absolute Gasteiger partial charge is 0.267 e. The zero-order valence-corrected chi connectivity index (χ0v) is 19.6. The number of rotatable bonds is 6. The van der Waals surface area contributed by atoms with E-state index in [-0.39, 0.29) is 17.5 Å². The molecule has 0 spiro atoms. The predicted octanol–water partition coefficient (Wildman–Crippen LogP) is 2.92. The van der Waals surface area contributed by atoms with E-state index in [4.69, 9.17) is 0 Å². The van der Waals surface area contributed by atoms with E-state index >= 15 is 0 Å². The molecule has 2 aromatic heterocycles. The van der Waals surface area contributed by atoms with Gasteiger partial charge in [-0.2, -0.15) is 5.10 Å². The van der Waals surface area contributed by atoms with E-state index in [1.165, 1.54) is 21.9 Å². The second-order valence-corrected chi connectivity index (χ2v) is 8.69. The highest BCUT2D eigenvalue weighted by Crippen LogP contribution is 2.29. The van der Waals surface area contributed by atoms with E-state index in [1.807, 2.05) is 17.0 Å². The molecular formula is C27H28N6O2. The Morgan fingerprint density at radius 1 is 0.829 bits per heavy atom. The molecular weight excluding hydrogens is 440 g/mol. The van der Waals surface area contributed by atoms with E-state index in [1.54, 1.807) is 36.1 Å². The molecule has 178 valence electrons. The monoisotopic (exact) mass is 468 g/mol. The number of hydrogen-bond donors (Lipinski definition) is 0. The van der Waals surface area contributed by atoms with Crippen LogP contribution in [0.5, 0.6) is 0 Å². The Kier molecular flexibility index (Phi) is 6.54. The van der Waals surface area contributed by atoms with Crippen LogP contribution in [0.25, 0.3) is 5.82 Å². The van der Waals surface area contributed by atoms with Gasteiger partial charge < -0.3 is 4.90 Å². The average molecular weight is 469 g/mol. The van der Waals surface area contributed by atoms with Crippen LogP contribution in [0, 0.1) is 0 Å². The van der Waals surface area contributed by atoms with Crippen molar-refractivity contribution in [2.45, 2.75) is 19.0 Å². The van der Waals surface area contributed by atoms with Gasteiger partial charge in [-0.1, -0.05) is 60.7 Å². The third-order valence-corrected chi connectivity index (χ3v) is 6.50. The first kappa shape index (κ1) is 22.7. The molecule has 2 aromatic carbocycles. The Hall–Kier alpha value is -4.04. The minimum Gasteiger partial charge on any atom is -0.338 e. The third-order valence-electron chi connectivity index (χ3n) is 6.50. The second kappa shape index (κ2) is 10.1. The predicted molar refractivity (Wildman–Crippen MR) is 133 cm³/mol. The summed E-state index contributed by atoms with van der Waals surface area (Å²) in [5.41, 5.74) is 2.16. The fourth-order valence-corrected chi connectivity index (χ4v) is 4.67. The lowest BCUT2D eigenvalue weighted by atomic mass is 9.96. The molecule has 1 saturated heterocycles. The fourth-order valence-electron chi connectivity index (χ4n) is 4.67. The molecule has 0 saturated carbocycles. The maximum Gasteiger partial charge on any atom is 0.267 e. The summed E-state index contributed by atoms with van der Waals surface area (Å²) >= 11 is 0. The number of amides is 1. The molecule has 1 atom stereocenters. The summed E-state index contributed by atoms with van der Waals surface area (Å²) in [4.78, 5) is 30.1. The van der Waals surface area contributed by atoms with Gasteiger partial charge in [-0.05, 0) is 30.2 Å². The van der Waals surface area contributed by atoms with Crippen LogP contribution in [0.2, 0.25) is 0 Å². The second-order valence-electron chi connectivity index (χ2n) is 8.69. The van der Waals surface area contributed by atoms with Crippen LogP contribution in [0.1, 0.15) is 30.1 Å². The van der Waals surface area contributed by atoms with Crippen molar-refractivity contribution in [3.63, 3.8) is 0 Å². The van der Waals surface area contributed by atoms with Gasteiger partial charge in [-0.25, -0.2) is 9.36 Å². The molecule has 0 bridgehead atoms. The standard InChI is InChI=1S/C27H28N6O2/c1-21(33-25(34)14-13-24(29-33)32-16-8-15-28-32)27(35)31-19-17-30(18-20-31)26(22-9-4-2-5-10-22)23-11-6-3-7-12-23/h2-16,21,26H,17-20H2,1H3. The molecule has 8 heteroatoms. The van der Waals surface area contributed by atoms with Gasteiger partial charge in [0.1, 0.15) is 6.04 Å². The van der Waals surface area contributed by atoms with Gasteiger partial charge >= 0.3 is 0 Å². The molecule has 0 aliphatic carbocycles.